The van der Waals surface area contributed by atoms with Crippen LogP contribution in [0.1, 0.15) is 41.8 Å². The van der Waals surface area contributed by atoms with Gasteiger partial charge in [-0.3, -0.25) is 4.79 Å². The van der Waals surface area contributed by atoms with Crippen molar-refractivity contribution in [1.82, 2.24) is 5.32 Å². The normalized spacial score (nSPS) is 24.0. The summed E-state index contributed by atoms with van der Waals surface area (Å²) in [5.74, 6) is -1.01. The number of benzene rings is 3. The molecular formula is C32H36ClNO6. The molecule has 5 atom stereocenters. The molecule has 5 rings (SSSR count). The van der Waals surface area contributed by atoms with Gasteiger partial charge in [-0.15, -0.1) is 0 Å². The van der Waals surface area contributed by atoms with Crippen molar-refractivity contribution in [2.45, 2.75) is 69.8 Å². The summed E-state index contributed by atoms with van der Waals surface area (Å²) in [4.78, 5) is 12.9. The molecule has 0 spiro atoms. The maximum atomic E-state index is 12.9. The third-order valence-corrected chi connectivity index (χ3v) is 7.29. The molecule has 2 aliphatic heterocycles. The van der Waals surface area contributed by atoms with E-state index in [4.69, 9.17) is 35.3 Å². The Bertz CT molecular complexity index is 1220. The van der Waals surface area contributed by atoms with Gasteiger partial charge in [-0.25, -0.2) is 0 Å². The van der Waals surface area contributed by atoms with Gasteiger partial charge in [0, 0.05) is 23.7 Å². The molecule has 7 nitrogen and oxygen atoms in total. The Morgan fingerprint density at radius 2 is 1.62 bits per heavy atom. The van der Waals surface area contributed by atoms with E-state index in [0.29, 0.717) is 23.8 Å². The fourth-order valence-corrected chi connectivity index (χ4v) is 5.20. The first-order valence-electron chi connectivity index (χ1n) is 13.7. The number of hydrogen-bond donors (Lipinski definition) is 1. The molecule has 2 saturated heterocycles. The van der Waals surface area contributed by atoms with Gasteiger partial charge in [-0.05, 0) is 62.1 Å². The molecule has 3 aromatic carbocycles. The van der Waals surface area contributed by atoms with Crippen molar-refractivity contribution < 1.29 is 28.5 Å². The highest BCUT2D eigenvalue weighted by Crippen LogP contribution is 2.40. The number of hydrogen-bond acceptors (Lipinski definition) is 6. The van der Waals surface area contributed by atoms with E-state index >= 15 is 0 Å². The van der Waals surface area contributed by atoms with Crippen molar-refractivity contribution in [3.8, 4) is 0 Å². The molecule has 8 heteroatoms. The average Bonchev–Trinajstić information content (AvgIpc) is 3.44. The van der Waals surface area contributed by atoms with Crippen LogP contribution in [0.15, 0.2) is 84.9 Å². The van der Waals surface area contributed by atoms with Crippen LogP contribution in [0.25, 0.3) is 0 Å². The van der Waals surface area contributed by atoms with Crippen molar-refractivity contribution in [2.24, 2.45) is 0 Å². The first-order chi connectivity index (χ1) is 19.4. The highest BCUT2D eigenvalue weighted by atomic mass is 35.5. The molecule has 1 amide bonds. The predicted molar refractivity (Wildman–Crippen MR) is 152 cm³/mol. The highest BCUT2D eigenvalue weighted by molar-refractivity contribution is 6.30. The van der Waals surface area contributed by atoms with Gasteiger partial charge in [0.15, 0.2) is 12.1 Å². The number of carbonyl (C=O) groups excluding carboxylic acids is 1. The van der Waals surface area contributed by atoms with E-state index in [1.54, 1.807) is 24.3 Å². The Labute approximate surface area is 240 Å². The topological polar surface area (TPSA) is 75.3 Å². The molecule has 0 radical (unpaired) electrons. The van der Waals surface area contributed by atoms with Crippen LogP contribution in [0.2, 0.25) is 5.02 Å². The van der Waals surface area contributed by atoms with E-state index < -0.39 is 36.5 Å². The summed E-state index contributed by atoms with van der Waals surface area (Å²) >= 11 is 5.99. The fourth-order valence-electron chi connectivity index (χ4n) is 5.08. The molecule has 0 aromatic heterocycles. The fraction of sp³-hybridized carbons (Fsp3) is 0.406. The summed E-state index contributed by atoms with van der Waals surface area (Å²) in [5, 5.41) is 3.57. The van der Waals surface area contributed by atoms with Gasteiger partial charge in [-0.1, -0.05) is 72.3 Å². The van der Waals surface area contributed by atoms with E-state index in [2.05, 4.69) is 17.4 Å². The SMILES string of the molecule is CC1(C)O[C@H]2O[C@H]([C@@H](CNC(=O)c3ccc(Cl)cc3)OCc3ccccc3)[C@H](OCCCc3ccccc3)[C@H]2O1. The number of carbonyl (C=O) groups is 1. The maximum Gasteiger partial charge on any atom is 0.251 e. The summed E-state index contributed by atoms with van der Waals surface area (Å²) in [6.07, 6.45) is -0.719. The van der Waals surface area contributed by atoms with Gasteiger partial charge in [0.2, 0.25) is 0 Å². The highest BCUT2D eigenvalue weighted by Gasteiger charge is 2.57. The number of rotatable bonds is 12. The quantitative estimate of drug-likeness (QED) is 0.290. The number of ether oxygens (including phenoxy) is 5. The van der Waals surface area contributed by atoms with Crippen molar-refractivity contribution in [1.29, 1.82) is 0 Å². The van der Waals surface area contributed by atoms with Crippen LogP contribution in [0.5, 0.6) is 0 Å². The summed E-state index contributed by atoms with van der Waals surface area (Å²) in [6, 6.07) is 27.0. The minimum Gasteiger partial charge on any atom is -0.372 e. The summed E-state index contributed by atoms with van der Waals surface area (Å²) in [5.41, 5.74) is 2.79. The molecule has 0 saturated carbocycles. The van der Waals surface area contributed by atoms with E-state index in [-0.39, 0.29) is 12.5 Å². The van der Waals surface area contributed by atoms with Crippen LogP contribution in [-0.4, -0.2) is 55.6 Å². The molecule has 0 unspecified atom stereocenters. The van der Waals surface area contributed by atoms with Crippen LogP contribution in [0, 0.1) is 0 Å². The Hall–Kier alpha value is -2.78. The Morgan fingerprint density at radius 3 is 2.33 bits per heavy atom. The van der Waals surface area contributed by atoms with Crippen molar-refractivity contribution >= 4 is 17.5 Å². The summed E-state index contributed by atoms with van der Waals surface area (Å²) in [6.45, 7) is 4.82. The first kappa shape index (κ1) is 28.7. The van der Waals surface area contributed by atoms with E-state index in [1.807, 2.05) is 62.4 Å². The number of amides is 1. The second-order valence-corrected chi connectivity index (χ2v) is 11.0. The number of aryl methyl sites for hydroxylation is 1. The lowest BCUT2D eigenvalue weighted by molar-refractivity contribution is -0.233. The summed E-state index contributed by atoms with van der Waals surface area (Å²) < 4.78 is 31.5. The Morgan fingerprint density at radius 1 is 0.950 bits per heavy atom. The van der Waals surface area contributed by atoms with Crippen LogP contribution in [0.4, 0.5) is 0 Å². The lowest BCUT2D eigenvalue weighted by Gasteiger charge is -2.31. The average molecular weight is 566 g/mol. The second kappa shape index (κ2) is 13.3. The van der Waals surface area contributed by atoms with Crippen LogP contribution >= 0.6 is 11.6 Å². The van der Waals surface area contributed by atoms with Gasteiger partial charge >= 0.3 is 0 Å². The Kier molecular flexibility index (Phi) is 9.52. The van der Waals surface area contributed by atoms with Crippen molar-refractivity contribution in [3.05, 3.63) is 107 Å². The minimum absolute atomic E-state index is 0.214. The van der Waals surface area contributed by atoms with E-state index in [9.17, 15) is 4.79 Å². The van der Waals surface area contributed by atoms with Gasteiger partial charge in [0.1, 0.15) is 24.4 Å². The molecule has 212 valence electrons. The minimum atomic E-state index is -0.783. The zero-order valence-electron chi connectivity index (χ0n) is 22.8. The predicted octanol–water partition coefficient (Wildman–Crippen LogP) is 5.55. The third-order valence-electron chi connectivity index (χ3n) is 7.03. The van der Waals surface area contributed by atoms with Gasteiger partial charge in [0.05, 0.1) is 6.61 Å². The largest absolute Gasteiger partial charge is 0.372 e. The van der Waals surface area contributed by atoms with Gasteiger partial charge in [0.25, 0.3) is 5.91 Å². The lowest BCUT2D eigenvalue weighted by Crippen LogP contribution is -2.48. The molecule has 0 bridgehead atoms. The van der Waals surface area contributed by atoms with Crippen LogP contribution in [0.3, 0.4) is 0 Å². The van der Waals surface area contributed by atoms with Gasteiger partial charge < -0.3 is 29.0 Å². The standard InChI is InChI=1S/C32H36ClNO6/c1-32(2)39-29-28(36-19-9-14-22-10-5-3-6-11-22)27(38-31(29)40-32)26(37-21-23-12-7-4-8-13-23)20-34-30(35)24-15-17-25(33)18-16-24/h3-8,10-13,15-18,26-29,31H,9,14,19-21H2,1-2H3,(H,34,35)/t26-,27-,28+,29-,31-/m1/s1. The molecule has 2 aliphatic rings. The monoisotopic (exact) mass is 565 g/mol. The van der Waals surface area contributed by atoms with E-state index in [0.717, 1.165) is 18.4 Å². The number of halogens is 1. The zero-order valence-corrected chi connectivity index (χ0v) is 23.6. The van der Waals surface area contributed by atoms with Crippen molar-refractivity contribution in [3.63, 3.8) is 0 Å². The van der Waals surface area contributed by atoms with Crippen LogP contribution < -0.4 is 5.32 Å². The third kappa shape index (κ3) is 7.49. The molecule has 3 aromatic rings. The van der Waals surface area contributed by atoms with Crippen LogP contribution in [-0.2, 0) is 36.7 Å². The summed E-state index contributed by atoms with van der Waals surface area (Å²) in [7, 11) is 0. The first-order valence-corrected chi connectivity index (χ1v) is 14.1. The molecule has 1 N–H and O–H groups in total. The molecular weight excluding hydrogens is 530 g/mol. The Balaban J connectivity index is 1.29. The lowest BCUT2D eigenvalue weighted by atomic mass is 10.0. The van der Waals surface area contributed by atoms with Crippen molar-refractivity contribution in [2.75, 3.05) is 13.2 Å². The smallest absolute Gasteiger partial charge is 0.251 e. The molecule has 2 fully saturated rings. The number of nitrogens with one attached hydrogen (secondary N) is 1. The molecule has 2 heterocycles. The molecule has 40 heavy (non-hydrogen) atoms. The van der Waals surface area contributed by atoms with Gasteiger partial charge in [-0.2, -0.15) is 0 Å². The molecule has 0 aliphatic carbocycles. The maximum absolute atomic E-state index is 12.9. The number of fused-ring (bicyclic) bond motifs is 1. The van der Waals surface area contributed by atoms with E-state index in [1.165, 1.54) is 5.56 Å². The second-order valence-electron chi connectivity index (χ2n) is 10.5. The zero-order chi connectivity index (χ0) is 28.0.